The molecule has 1 aromatic carbocycles. The second kappa shape index (κ2) is 6.57. The first-order valence-corrected chi connectivity index (χ1v) is 7.37. The Morgan fingerprint density at radius 2 is 1.90 bits per heavy atom. The highest BCUT2D eigenvalue weighted by Gasteiger charge is 2.22. The average Bonchev–Trinajstić information content (AvgIpc) is 2.96. The molecule has 1 amide bonds. The molecule has 0 aliphatic carbocycles. The van der Waals surface area contributed by atoms with Gasteiger partial charge in [0.2, 0.25) is 11.8 Å². The first-order chi connectivity index (χ1) is 10.1. The molecule has 0 atom stereocenters. The Morgan fingerprint density at radius 3 is 2.52 bits per heavy atom. The van der Waals surface area contributed by atoms with Gasteiger partial charge in [0.15, 0.2) is 0 Å². The summed E-state index contributed by atoms with van der Waals surface area (Å²) in [6.45, 7) is 6.21. The van der Waals surface area contributed by atoms with Crippen LogP contribution >= 0.6 is 0 Å². The molecular weight excluding hydrogens is 264 g/mol. The normalized spacial score (nSPS) is 11.4. The molecule has 2 rings (SSSR count). The lowest BCUT2D eigenvalue weighted by molar-refractivity contribution is -0.122. The number of rotatable bonds is 6. The van der Waals surface area contributed by atoms with Gasteiger partial charge in [0.05, 0.1) is 12.1 Å². The zero-order chi connectivity index (χ0) is 15.3. The molecule has 0 spiro atoms. The van der Waals surface area contributed by atoms with Crippen LogP contribution in [0.3, 0.4) is 0 Å². The Labute approximate surface area is 125 Å². The number of oxazole rings is 1. The molecule has 1 aromatic heterocycles. The van der Waals surface area contributed by atoms with Crippen molar-refractivity contribution in [2.75, 3.05) is 0 Å². The van der Waals surface area contributed by atoms with Crippen molar-refractivity contribution >= 4 is 5.91 Å². The summed E-state index contributed by atoms with van der Waals surface area (Å²) in [6.07, 6.45) is 3.61. The summed E-state index contributed by atoms with van der Waals surface area (Å²) in [5.41, 5.74) is 1.42. The third-order valence-corrected chi connectivity index (χ3v) is 3.92. The van der Waals surface area contributed by atoms with Gasteiger partial charge in [0, 0.05) is 11.1 Å². The Hall–Kier alpha value is -2.10. The van der Waals surface area contributed by atoms with Gasteiger partial charge in [-0.15, -0.1) is 0 Å². The lowest BCUT2D eigenvalue weighted by Crippen LogP contribution is -2.45. The first-order valence-electron chi connectivity index (χ1n) is 7.37. The molecule has 1 N–H and O–H groups in total. The largest absolute Gasteiger partial charge is 0.444 e. The maximum atomic E-state index is 12.1. The van der Waals surface area contributed by atoms with Gasteiger partial charge in [-0.3, -0.25) is 4.79 Å². The lowest BCUT2D eigenvalue weighted by atomic mass is 9.95. The van der Waals surface area contributed by atoms with Crippen molar-refractivity contribution in [3.05, 3.63) is 42.3 Å². The highest BCUT2D eigenvalue weighted by Crippen LogP contribution is 2.18. The van der Waals surface area contributed by atoms with Crippen molar-refractivity contribution in [3.63, 3.8) is 0 Å². The van der Waals surface area contributed by atoms with Gasteiger partial charge >= 0.3 is 0 Å². The zero-order valence-corrected chi connectivity index (χ0v) is 12.8. The second-order valence-corrected chi connectivity index (χ2v) is 5.50. The average molecular weight is 286 g/mol. The summed E-state index contributed by atoms with van der Waals surface area (Å²) in [7, 11) is 0. The SMILES string of the molecule is CCC(C)(CC)NC(=O)Cc1coc(-c2ccccc2)n1. The van der Waals surface area contributed by atoms with E-state index >= 15 is 0 Å². The monoisotopic (exact) mass is 286 g/mol. The van der Waals surface area contributed by atoms with Gasteiger partial charge < -0.3 is 9.73 Å². The van der Waals surface area contributed by atoms with Crippen molar-refractivity contribution in [2.24, 2.45) is 0 Å². The van der Waals surface area contributed by atoms with Crippen LogP contribution in [0.4, 0.5) is 0 Å². The summed E-state index contributed by atoms with van der Waals surface area (Å²) in [5.74, 6) is 0.529. The van der Waals surface area contributed by atoms with Crippen LogP contribution in [0.2, 0.25) is 0 Å². The van der Waals surface area contributed by atoms with Gasteiger partial charge in [0.25, 0.3) is 0 Å². The third kappa shape index (κ3) is 3.94. The number of nitrogens with zero attached hydrogens (tertiary/aromatic N) is 1. The molecule has 0 bridgehead atoms. The predicted molar refractivity (Wildman–Crippen MR) is 82.8 cm³/mol. The fourth-order valence-electron chi connectivity index (χ4n) is 2.07. The van der Waals surface area contributed by atoms with E-state index in [9.17, 15) is 4.79 Å². The van der Waals surface area contributed by atoms with E-state index in [1.54, 1.807) is 6.26 Å². The molecule has 0 saturated heterocycles. The molecule has 0 unspecified atom stereocenters. The molecule has 21 heavy (non-hydrogen) atoms. The van der Waals surface area contributed by atoms with Crippen LogP contribution in [-0.2, 0) is 11.2 Å². The Kier molecular flexibility index (Phi) is 4.78. The standard InChI is InChI=1S/C17H22N2O2/c1-4-17(3,5-2)19-15(20)11-14-12-21-16(18-14)13-9-7-6-8-10-13/h6-10,12H,4-5,11H2,1-3H3,(H,19,20). The molecule has 0 saturated carbocycles. The van der Waals surface area contributed by atoms with Crippen molar-refractivity contribution < 1.29 is 9.21 Å². The van der Waals surface area contributed by atoms with Crippen molar-refractivity contribution in [2.45, 2.75) is 45.6 Å². The minimum atomic E-state index is -0.150. The van der Waals surface area contributed by atoms with Crippen LogP contribution in [-0.4, -0.2) is 16.4 Å². The van der Waals surface area contributed by atoms with Gasteiger partial charge in [-0.1, -0.05) is 32.0 Å². The number of benzene rings is 1. The number of carbonyl (C=O) groups excluding carboxylic acids is 1. The second-order valence-electron chi connectivity index (χ2n) is 5.50. The summed E-state index contributed by atoms with van der Waals surface area (Å²) in [5, 5.41) is 3.07. The molecule has 2 aromatic rings. The number of carbonyl (C=O) groups is 1. The fourth-order valence-corrected chi connectivity index (χ4v) is 2.07. The summed E-state index contributed by atoms with van der Waals surface area (Å²) in [6, 6.07) is 9.67. The lowest BCUT2D eigenvalue weighted by Gasteiger charge is -2.28. The highest BCUT2D eigenvalue weighted by atomic mass is 16.3. The van der Waals surface area contributed by atoms with E-state index in [-0.39, 0.29) is 17.9 Å². The quantitative estimate of drug-likeness (QED) is 0.883. The van der Waals surface area contributed by atoms with Crippen molar-refractivity contribution in [1.82, 2.24) is 10.3 Å². The van der Waals surface area contributed by atoms with E-state index < -0.39 is 0 Å². The first kappa shape index (κ1) is 15.3. The molecule has 1 heterocycles. The van der Waals surface area contributed by atoms with E-state index in [0.29, 0.717) is 11.6 Å². The Morgan fingerprint density at radius 1 is 1.24 bits per heavy atom. The van der Waals surface area contributed by atoms with Crippen LogP contribution in [0.25, 0.3) is 11.5 Å². The number of amides is 1. The van der Waals surface area contributed by atoms with Gasteiger partial charge in [-0.05, 0) is 31.9 Å². The van der Waals surface area contributed by atoms with E-state index in [2.05, 4.69) is 31.1 Å². The fraction of sp³-hybridized carbons (Fsp3) is 0.412. The van der Waals surface area contributed by atoms with Crippen LogP contribution in [0.15, 0.2) is 41.0 Å². The van der Waals surface area contributed by atoms with Crippen LogP contribution in [0.1, 0.15) is 39.3 Å². The van der Waals surface area contributed by atoms with E-state index in [1.165, 1.54) is 0 Å². The topological polar surface area (TPSA) is 55.1 Å². The Bertz CT molecular complexity index is 586. The summed E-state index contributed by atoms with van der Waals surface area (Å²) >= 11 is 0. The maximum Gasteiger partial charge on any atom is 0.226 e. The number of hydrogen-bond donors (Lipinski definition) is 1. The van der Waals surface area contributed by atoms with Crippen molar-refractivity contribution in [3.8, 4) is 11.5 Å². The van der Waals surface area contributed by atoms with E-state index in [1.807, 2.05) is 30.3 Å². The van der Waals surface area contributed by atoms with Gasteiger partial charge in [-0.25, -0.2) is 4.98 Å². The zero-order valence-electron chi connectivity index (χ0n) is 12.8. The summed E-state index contributed by atoms with van der Waals surface area (Å²) in [4.78, 5) is 16.5. The molecule has 0 radical (unpaired) electrons. The van der Waals surface area contributed by atoms with E-state index in [4.69, 9.17) is 4.42 Å². The number of hydrogen-bond acceptors (Lipinski definition) is 3. The molecular formula is C17H22N2O2. The van der Waals surface area contributed by atoms with Crippen LogP contribution in [0, 0.1) is 0 Å². The van der Waals surface area contributed by atoms with Gasteiger partial charge in [0.1, 0.15) is 6.26 Å². The van der Waals surface area contributed by atoms with Gasteiger partial charge in [-0.2, -0.15) is 0 Å². The third-order valence-electron chi connectivity index (χ3n) is 3.92. The summed E-state index contributed by atoms with van der Waals surface area (Å²) < 4.78 is 5.44. The minimum Gasteiger partial charge on any atom is -0.444 e. The number of aromatic nitrogens is 1. The smallest absolute Gasteiger partial charge is 0.226 e. The number of nitrogens with one attached hydrogen (secondary N) is 1. The van der Waals surface area contributed by atoms with E-state index in [0.717, 1.165) is 18.4 Å². The minimum absolute atomic E-state index is 0.0193. The molecule has 4 heteroatoms. The van der Waals surface area contributed by atoms with Crippen LogP contribution < -0.4 is 5.32 Å². The Balaban J connectivity index is 2.01. The highest BCUT2D eigenvalue weighted by molar-refractivity contribution is 5.79. The van der Waals surface area contributed by atoms with Crippen LogP contribution in [0.5, 0.6) is 0 Å². The predicted octanol–water partition coefficient (Wildman–Crippen LogP) is 3.58. The molecule has 0 aliphatic heterocycles. The molecule has 4 nitrogen and oxygen atoms in total. The van der Waals surface area contributed by atoms with Crippen molar-refractivity contribution in [1.29, 1.82) is 0 Å². The molecule has 0 aliphatic rings. The molecule has 0 fully saturated rings. The maximum absolute atomic E-state index is 12.1. The molecule has 112 valence electrons.